The third-order valence-corrected chi connectivity index (χ3v) is 4.45. The van der Waals surface area contributed by atoms with Crippen molar-refractivity contribution in [1.29, 1.82) is 0 Å². The maximum absolute atomic E-state index is 12.4. The van der Waals surface area contributed by atoms with Crippen molar-refractivity contribution in [3.05, 3.63) is 51.5 Å². The number of fused-ring (bicyclic) bond motifs is 1. The number of hydrogen-bond donors (Lipinski definition) is 1. The highest BCUT2D eigenvalue weighted by molar-refractivity contribution is 5.84. The average molecular weight is 386 g/mol. The van der Waals surface area contributed by atoms with Crippen LogP contribution in [0.5, 0.6) is 5.75 Å². The first-order valence-corrected chi connectivity index (χ1v) is 8.94. The summed E-state index contributed by atoms with van der Waals surface area (Å²) in [5.74, 6) is 0.924. The van der Waals surface area contributed by atoms with E-state index in [1.54, 1.807) is 20.8 Å². The molecule has 0 fully saturated rings. The summed E-state index contributed by atoms with van der Waals surface area (Å²) in [6, 6.07) is 7.09. The number of nitrogens with one attached hydrogen (secondary N) is 1. The van der Waals surface area contributed by atoms with Crippen LogP contribution in [0.15, 0.2) is 28.7 Å². The smallest absolute Gasteiger partial charge is 0.312 e. The Kier molecular flexibility index (Phi) is 5.34. The summed E-state index contributed by atoms with van der Waals surface area (Å²) in [4.78, 5) is 23.0. The second kappa shape index (κ2) is 7.71. The molecule has 0 radical (unpaired) electrons. The van der Waals surface area contributed by atoms with Gasteiger partial charge in [0.2, 0.25) is 5.91 Å². The van der Waals surface area contributed by atoms with E-state index in [0.29, 0.717) is 29.4 Å². The first-order chi connectivity index (χ1) is 13.3. The summed E-state index contributed by atoms with van der Waals surface area (Å²) in [5, 5.41) is 18.9. The lowest BCUT2D eigenvalue weighted by molar-refractivity contribution is -0.386. The molecule has 1 atom stereocenters. The molecule has 0 saturated heterocycles. The SMILES string of the molecule is CCOc1cccc2cc(C(C)NC(=O)Cn3nc(C)c([N+](=O)[O-])c3C)oc12. The molecule has 3 aromatic rings. The number of carbonyl (C=O) groups is 1. The average Bonchev–Trinajstić information content (AvgIpc) is 3.17. The second-order valence-corrected chi connectivity index (χ2v) is 6.48. The van der Waals surface area contributed by atoms with E-state index < -0.39 is 4.92 Å². The van der Waals surface area contributed by atoms with Gasteiger partial charge in [-0.05, 0) is 39.8 Å². The van der Waals surface area contributed by atoms with Crippen molar-refractivity contribution >= 4 is 22.6 Å². The van der Waals surface area contributed by atoms with E-state index in [9.17, 15) is 14.9 Å². The normalized spacial score (nSPS) is 12.1. The van der Waals surface area contributed by atoms with Crippen LogP contribution < -0.4 is 10.1 Å². The summed E-state index contributed by atoms with van der Waals surface area (Å²) >= 11 is 0. The molecule has 9 nitrogen and oxygen atoms in total. The molecule has 0 aliphatic carbocycles. The summed E-state index contributed by atoms with van der Waals surface area (Å²) in [6.45, 7) is 7.23. The molecule has 1 N–H and O–H groups in total. The Hall–Kier alpha value is -3.36. The Morgan fingerprint density at radius 1 is 1.43 bits per heavy atom. The number of aromatic nitrogens is 2. The van der Waals surface area contributed by atoms with Crippen molar-refractivity contribution < 1.29 is 18.9 Å². The molecule has 1 unspecified atom stereocenters. The number of nitro groups is 1. The molecule has 0 bridgehead atoms. The van der Waals surface area contributed by atoms with Crippen molar-refractivity contribution in [2.75, 3.05) is 6.61 Å². The van der Waals surface area contributed by atoms with Crippen LogP contribution in [0.2, 0.25) is 0 Å². The summed E-state index contributed by atoms with van der Waals surface area (Å²) < 4.78 is 12.8. The Morgan fingerprint density at radius 3 is 2.82 bits per heavy atom. The fourth-order valence-corrected chi connectivity index (χ4v) is 3.14. The molecule has 9 heteroatoms. The number of benzene rings is 1. The molecule has 0 saturated carbocycles. The fourth-order valence-electron chi connectivity index (χ4n) is 3.14. The van der Waals surface area contributed by atoms with Gasteiger partial charge in [-0.3, -0.25) is 19.6 Å². The minimum Gasteiger partial charge on any atom is -0.490 e. The van der Waals surface area contributed by atoms with Crippen LogP contribution in [0.3, 0.4) is 0 Å². The largest absolute Gasteiger partial charge is 0.490 e. The van der Waals surface area contributed by atoms with E-state index in [4.69, 9.17) is 9.15 Å². The number of para-hydroxylation sites is 1. The van der Waals surface area contributed by atoms with Crippen LogP contribution in [0, 0.1) is 24.0 Å². The molecule has 3 rings (SSSR count). The lowest BCUT2D eigenvalue weighted by Gasteiger charge is -2.12. The standard InChI is InChI=1S/C19H22N4O5/c1-5-27-15-8-6-7-14-9-16(28-19(14)15)11(2)20-17(24)10-22-13(4)18(23(25)26)12(3)21-22/h6-9,11H,5,10H2,1-4H3,(H,20,24). The van der Waals surface area contributed by atoms with Crippen molar-refractivity contribution in [2.24, 2.45) is 0 Å². The zero-order chi connectivity index (χ0) is 20.4. The minimum atomic E-state index is -0.487. The van der Waals surface area contributed by atoms with Gasteiger partial charge in [-0.1, -0.05) is 12.1 Å². The predicted molar refractivity (Wildman–Crippen MR) is 102 cm³/mol. The Morgan fingerprint density at radius 2 is 2.18 bits per heavy atom. The molecule has 0 spiro atoms. The molecule has 0 aliphatic rings. The number of hydrogen-bond acceptors (Lipinski definition) is 6. The van der Waals surface area contributed by atoms with Crippen LogP contribution in [-0.4, -0.2) is 27.2 Å². The van der Waals surface area contributed by atoms with E-state index >= 15 is 0 Å². The van der Waals surface area contributed by atoms with Crippen LogP contribution in [0.4, 0.5) is 5.69 Å². The summed E-state index contributed by atoms with van der Waals surface area (Å²) in [5.41, 5.74) is 1.19. The Balaban J connectivity index is 1.74. The highest BCUT2D eigenvalue weighted by Gasteiger charge is 2.23. The van der Waals surface area contributed by atoms with E-state index in [1.807, 2.05) is 31.2 Å². The molecule has 148 valence electrons. The maximum atomic E-state index is 12.4. The molecule has 2 aromatic heterocycles. The monoisotopic (exact) mass is 386 g/mol. The molecule has 1 amide bonds. The third kappa shape index (κ3) is 3.68. The first-order valence-electron chi connectivity index (χ1n) is 8.94. The number of aryl methyl sites for hydroxylation is 1. The van der Waals surface area contributed by atoms with Gasteiger partial charge in [-0.25, -0.2) is 0 Å². The third-order valence-electron chi connectivity index (χ3n) is 4.45. The number of rotatable bonds is 7. The number of nitrogens with zero attached hydrogens (tertiary/aromatic N) is 3. The van der Waals surface area contributed by atoms with Crippen LogP contribution in [0.25, 0.3) is 11.0 Å². The van der Waals surface area contributed by atoms with Gasteiger partial charge in [0.15, 0.2) is 11.3 Å². The highest BCUT2D eigenvalue weighted by Crippen LogP contribution is 2.31. The number of ether oxygens (including phenoxy) is 1. The number of amides is 1. The number of furan rings is 1. The van der Waals surface area contributed by atoms with Crippen LogP contribution >= 0.6 is 0 Å². The van der Waals surface area contributed by atoms with Crippen molar-refractivity contribution in [3.63, 3.8) is 0 Å². The Bertz CT molecular complexity index is 1040. The number of carbonyl (C=O) groups excluding carboxylic acids is 1. The van der Waals surface area contributed by atoms with Gasteiger partial charge in [-0.15, -0.1) is 0 Å². The first kappa shape index (κ1) is 19.4. The molecule has 0 aliphatic heterocycles. The van der Waals surface area contributed by atoms with Gasteiger partial charge in [-0.2, -0.15) is 5.10 Å². The fraction of sp³-hybridized carbons (Fsp3) is 0.368. The molecular formula is C19H22N4O5. The van der Waals surface area contributed by atoms with Crippen molar-refractivity contribution in [2.45, 2.75) is 40.3 Å². The van der Waals surface area contributed by atoms with Gasteiger partial charge in [0.1, 0.15) is 23.7 Å². The van der Waals surface area contributed by atoms with Crippen molar-refractivity contribution in [3.8, 4) is 5.75 Å². The lowest BCUT2D eigenvalue weighted by Crippen LogP contribution is -2.30. The quantitative estimate of drug-likeness (QED) is 0.492. The molecule has 28 heavy (non-hydrogen) atoms. The van der Waals surface area contributed by atoms with E-state index in [-0.39, 0.29) is 29.9 Å². The van der Waals surface area contributed by atoms with Crippen LogP contribution in [0.1, 0.15) is 37.0 Å². The predicted octanol–water partition coefficient (Wildman–Crippen LogP) is 3.43. The van der Waals surface area contributed by atoms with Crippen LogP contribution in [-0.2, 0) is 11.3 Å². The summed E-state index contributed by atoms with van der Waals surface area (Å²) in [6.07, 6.45) is 0. The minimum absolute atomic E-state index is 0.0680. The Labute approximate surface area is 161 Å². The summed E-state index contributed by atoms with van der Waals surface area (Å²) in [7, 11) is 0. The van der Waals surface area contributed by atoms with E-state index in [0.717, 1.165) is 5.39 Å². The van der Waals surface area contributed by atoms with E-state index in [2.05, 4.69) is 10.4 Å². The van der Waals surface area contributed by atoms with Gasteiger partial charge in [0.05, 0.1) is 17.6 Å². The zero-order valence-electron chi connectivity index (χ0n) is 16.2. The highest BCUT2D eigenvalue weighted by atomic mass is 16.6. The van der Waals surface area contributed by atoms with Gasteiger partial charge < -0.3 is 14.5 Å². The lowest BCUT2D eigenvalue weighted by atomic mass is 10.2. The molecular weight excluding hydrogens is 364 g/mol. The second-order valence-electron chi connectivity index (χ2n) is 6.48. The molecule has 1 aromatic carbocycles. The topological polar surface area (TPSA) is 112 Å². The van der Waals surface area contributed by atoms with E-state index in [1.165, 1.54) is 4.68 Å². The van der Waals surface area contributed by atoms with Crippen molar-refractivity contribution in [1.82, 2.24) is 15.1 Å². The molecule has 2 heterocycles. The zero-order valence-corrected chi connectivity index (χ0v) is 16.2. The van der Waals surface area contributed by atoms with Gasteiger partial charge >= 0.3 is 5.69 Å². The maximum Gasteiger partial charge on any atom is 0.312 e. The van der Waals surface area contributed by atoms with Gasteiger partial charge in [0.25, 0.3) is 0 Å². The van der Waals surface area contributed by atoms with Gasteiger partial charge in [0, 0.05) is 5.39 Å².